The minimum atomic E-state index is 0.0545. The number of benzene rings is 1. The molecule has 0 unspecified atom stereocenters. The molecule has 0 aliphatic carbocycles. The van der Waals surface area contributed by atoms with Gasteiger partial charge in [0.1, 0.15) is 6.07 Å². The normalized spacial score (nSPS) is 14.7. The minimum Gasteiger partial charge on any atom is -0.420 e. The fourth-order valence-corrected chi connectivity index (χ4v) is 4.31. The van der Waals surface area contributed by atoms with E-state index < -0.39 is 0 Å². The van der Waals surface area contributed by atoms with Crippen molar-refractivity contribution in [2.45, 2.75) is 26.2 Å². The molecule has 1 aliphatic heterocycles. The van der Waals surface area contributed by atoms with Gasteiger partial charge < -0.3 is 14.2 Å². The molecule has 3 heterocycles. The van der Waals surface area contributed by atoms with E-state index >= 15 is 0 Å². The number of nitriles is 1. The van der Waals surface area contributed by atoms with Crippen LogP contribution in [-0.4, -0.2) is 42.0 Å². The number of rotatable bonds is 4. The molecule has 1 aliphatic rings. The van der Waals surface area contributed by atoms with Crippen LogP contribution in [0.15, 0.2) is 46.2 Å². The third-order valence-corrected chi connectivity index (χ3v) is 6.37. The van der Waals surface area contributed by atoms with Crippen molar-refractivity contribution in [3.8, 4) is 6.07 Å². The molecule has 0 spiro atoms. The van der Waals surface area contributed by atoms with Gasteiger partial charge >= 0.3 is 0 Å². The molecule has 7 heteroatoms. The Kier molecular flexibility index (Phi) is 6.15. The lowest BCUT2D eigenvalue weighted by molar-refractivity contribution is 0.0750. The molecule has 0 N–H and O–H groups in total. The molecule has 0 atom stereocenters. The molecular weight excluding hydrogens is 420 g/mol. The zero-order valence-corrected chi connectivity index (χ0v) is 19.4. The summed E-state index contributed by atoms with van der Waals surface area (Å²) in [6, 6.07) is 14.2. The molecule has 1 aromatic carbocycles. The molecule has 1 fully saturated rings. The highest BCUT2D eigenvalue weighted by molar-refractivity contribution is 7.12. The first kappa shape index (κ1) is 21.8. The van der Waals surface area contributed by atoms with Crippen molar-refractivity contribution in [2.75, 3.05) is 31.1 Å². The fourth-order valence-electron chi connectivity index (χ4n) is 3.62. The minimum absolute atomic E-state index is 0.0545. The van der Waals surface area contributed by atoms with E-state index in [2.05, 4.69) is 56.1 Å². The average Bonchev–Trinajstić information content (AvgIpc) is 3.47. The summed E-state index contributed by atoms with van der Waals surface area (Å²) in [5.74, 6) is 0.922. The molecule has 164 valence electrons. The van der Waals surface area contributed by atoms with Gasteiger partial charge in [-0.3, -0.25) is 4.79 Å². The number of oxazole rings is 1. The maximum absolute atomic E-state index is 12.5. The Morgan fingerprint density at radius 3 is 2.44 bits per heavy atom. The lowest BCUT2D eigenvalue weighted by Crippen LogP contribution is -2.48. The molecular formula is C25H26N4O2S. The summed E-state index contributed by atoms with van der Waals surface area (Å²) in [6.45, 7) is 8.91. The van der Waals surface area contributed by atoms with E-state index in [0.29, 0.717) is 38.0 Å². The number of thiophene rings is 1. The van der Waals surface area contributed by atoms with E-state index in [1.165, 1.54) is 16.9 Å². The summed E-state index contributed by atoms with van der Waals surface area (Å²) in [5.41, 5.74) is 2.69. The monoisotopic (exact) mass is 446 g/mol. The summed E-state index contributed by atoms with van der Waals surface area (Å²) in [4.78, 5) is 21.5. The molecule has 2 aromatic heterocycles. The highest BCUT2D eigenvalue weighted by Gasteiger charge is 2.26. The smallest absolute Gasteiger partial charge is 0.264 e. The molecule has 0 radical (unpaired) electrons. The molecule has 1 amide bonds. The second kappa shape index (κ2) is 9.01. The van der Waals surface area contributed by atoms with Crippen molar-refractivity contribution in [3.63, 3.8) is 0 Å². The Bertz CT molecular complexity index is 1140. The summed E-state index contributed by atoms with van der Waals surface area (Å²) in [7, 11) is 0. The number of amides is 1. The van der Waals surface area contributed by atoms with E-state index in [1.54, 1.807) is 6.08 Å². The zero-order chi connectivity index (χ0) is 22.7. The van der Waals surface area contributed by atoms with Gasteiger partial charge in [0.15, 0.2) is 0 Å². The summed E-state index contributed by atoms with van der Waals surface area (Å²) in [5, 5.41) is 11.4. The Morgan fingerprint density at radius 1 is 1.12 bits per heavy atom. The molecule has 32 heavy (non-hydrogen) atoms. The van der Waals surface area contributed by atoms with Crippen molar-refractivity contribution in [1.82, 2.24) is 9.88 Å². The van der Waals surface area contributed by atoms with Crippen LogP contribution in [0.5, 0.6) is 0 Å². The largest absolute Gasteiger partial charge is 0.420 e. The number of aromatic nitrogens is 1. The Balaban J connectivity index is 1.43. The zero-order valence-electron chi connectivity index (χ0n) is 18.5. The Hall–Kier alpha value is -3.37. The summed E-state index contributed by atoms with van der Waals surface area (Å²) in [6.07, 6.45) is 3.72. The Labute approximate surface area is 192 Å². The van der Waals surface area contributed by atoms with Gasteiger partial charge in [-0.05, 0) is 34.1 Å². The van der Waals surface area contributed by atoms with Crippen molar-refractivity contribution in [2.24, 2.45) is 0 Å². The second-order valence-electron chi connectivity index (χ2n) is 8.78. The van der Waals surface area contributed by atoms with Crippen molar-refractivity contribution in [3.05, 3.63) is 69.4 Å². The highest BCUT2D eigenvalue weighted by atomic mass is 32.1. The van der Waals surface area contributed by atoms with Crippen molar-refractivity contribution in [1.29, 1.82) is 5.26 Å². The third kappa shape index (κ3) is 4.76. The van der Waals surface area contributed by atoms with Crippen LogP contribution in [-0.2, 0) is 5.41 Å². The average molecular weight is 447 g/mol. The van der Waals surface area contributed by atoms with E-state index in [-0.39, 0.29) is 17.0 Å². The van der Waals surface area contributed by atoms with E-state index in [1.807, 2.05) is 33.4 Å². The number of hydrogen-bond acceptors (Lipinski definition) is 6. The van der Waals surface area contributed by atoms with Gasteiger partial charge in [0.2, 0.25) is 17.5 Å². The van der Waals surface area contributed by atoms with Crippen LogP contribution in [0.2, 0.25) is 0 Å². The predicted octanol–water partition coefficient (Wildman–Crippen LogP) is 5.04. The van der Waals surface area contributed by atoms with Crippen LogP contribution in [0, 0.1) is 11.3 Å². The summed E-state index contributed by atoms with van der Waals surface area (Å²) >= 11 is 1.45. The number of carbonyl (C=O) groups excluding carboxylic acids is 1. The second-order valence-corrected chi connectivity index (χ2v) is 9.73. The van der Waals surface area contributed by atoms with Crippen LogP contribution in [0.4, 0.5) is 5.88 Å². The van der Waals surface area contributed by atoms with E-state index in [0.717, 1.165) is 10.4 Å². The van der Waals surface area contributed by atoms with Gasteiger partial charge in [0.05, 0.1) is 4.88 Å². The first-order valence-electron chi connectivity index (χ1n) is 10.6. The van der Waals surface area contributed by atoms with Gasteiger partial charge in [0.25, 0.3) is 5.91 Å². The van der Waals surface area contributed by atoms with Gasteiger partial charge in [-0.1, -0.05) is 51.1 Å². The third-order valence-electron chi connectivity index (χ3n) is 5.51. The van der Waals surface area contributed by atoms with E-state index in [4.69, 9.17) is 4.42 Å². The maximum atomic E-state index is 12.5. The van der Waals surface area contributed by atoms with Gasteiger partial charge in [0, 0.05) is 32.3 Å². The first-order chi connectivity index (χ1) is 15.3. The van der Waals surface area contributed by atoms with Crippen LogP contribution in [0.25, 0.3) is 12.2 Å². The molecule has 0 saturated carbocycles. The van der Waals surface area contributed by atoms with Crippen LogP contribution in [0.1, 0.15) is 53.2 Å². The van der Waals surface area contributed by atoms with Crippen LogP contribution >= 0.6 is 11.3 Å². The molecule has 3 aromatic rings. The molecule has 1 saturated heterocycles. The number of piperazine rings is 1. The summed E-state index contributed by atoms with van der Waals surface area (Å²) < 4.78 is 5.92. The van der Waals surface area contributed by atoms with Gasteiger partial charge in [-0.2, -0.15) is 10.2 Å². The highest BCUT2D eigenvalue weighted by Crippen LogP contribution is 2.26. The van der Waals surface area contributed by atoms with Crippen LogP contribution in [0.3, 0.4) is 0 Å². The number of carbonyl (C=O) groups is 1. The molecule has 6 nitrogen and oxygen atoms in total. The van der Waals surface area contributed by atoms with Crippen molar-refractivity contribution < 1.29 is 9.21 Å². The molecule has 4 rings (SSSR count). The fraction of sp³-hybridized carbons (Fsp3) is 0.320. The van der Waals surface area contributed by atoms with Gasteiger partial charge in [-0.15, -0.1) is 11.3 Å². The van der Waals surface area contributed by atoms with Crippen molar-refractivity contribution >= 4 is 35.3 Å². The van der Waals surface area contributed by atoms with E-state index in [9.17, 15) is 10.1 Å². The Morgan fingerprint density at radius 2 is 1.84 bits per heavy atom. The number of anilines is 1. The first-order valence-corrected chi connectivity index (χ1v) is 11.5. The predicted molar refractivity (Wildman–Crippen MR) is 128 cm³/mol. The van der Waals surface area contributed by atoms with Gasteiger partial charge in [-0.25, -0.2) is 0 Å². The quantitative estimate of drug-likeness (QED) is 0.561. The lowest BCUT2D eigenvalue weighted by Gasteiger charge is -2.34. The molecule has 0 bridgehead atoms. The van der Waals surface area contributed by atoms with Crippen LogP contribution < -0.4 is 4.90 Å². The number of nitrogens with zero attached hydrogens (tertiary/aromatic N) is 4. The standard InChI is InChI=1S/C25H26N4O2S/c1-25(2,3)19-9-6-18(7-10-19)8-11-22-27-20(17-26)24(31-22)29-14-12-28(13-15-29)23(30)21-5-4-16-32-21/h4-11,16H,12-15H2,1-3H3/b11-8+. The number of hydrogen-bond donors (Lipinski definition) is 0. The lowest BCUT2D eigenvalue weighted by atomic mass is 9.87. The SMILES string of the molecule is CC(C)(C)c1ccc(/C=C/c2nc(C#N)c(N3CCN(C(=O)c4cccs4)CC3)o2)cc1. The maximum Gasteiger partial charge on any atom is 0.264 e. The topological polar surface area (TPSA) is 73.4 Å².